The lowest BCUT2D eigenvalue weighted by Gasteiger charge is -2.25. The maximum absolute atomic E-state index is 11.7. The number of nitrogens with one attached hydrogen (secondary N) is 2. The number of carboxylic acids is 1. The van der Waals surface area contributed by atoms with Crippen LogP contribution in [0.25, 0.3) is 0 Å². The van der Waals surface area contributed by atoms with E-state index in [-0.39, 0.29) is 12.6 Å². The second-order valence-corrected chi connectivity index (χ2v) is 5.71. The molecule has 0 bridgehead atoms. The topological polar surface area (TPSA) is 81.7 Å². The molecular weight excluding hydrogens is 258 g/mol. The third kappa shape index (κ3) is 4.37. The van der Waals surface area contributed by atoms with E-state index in [0.717, 1.165) is 19.5 Å². The number of hydrogen-bond donors (Lipinski definition) is 3. The zero-order valence-corrected chi connectivity index (χ0v) is 12.7. The number of likely N-dealkylation sites (tertiary alicyclic amines) is 1. The summed E-state index contributed by atoms with van der Waals surface area (Å²) in [5, 5.41) is 14.6. The van der Waals surface area contributed by atoms with Crippen LogP contribution in [0.15, 0.2) is 0 Å². The molecule has 0 aromatic rings. The maximum atomic E-state index is 11.7. The van der Waals surface area contributed by atoms with Gasteiger partial charge in [0, 0.05) is 19.1 Å². The van der Waals surface area contributed by atoms with Crippen molar-refractivity contribution in [3.63, 3.8) is 0 Å². The molecule has 0 spiro atoms. The van der Waals surface area contributed by atoms with E-state index in [1.807, 2.05) is 6.92 Å². The molecular formula is C14H27N3O3. The van der Waals surface area contributed by atoms with Crippen LogP contribution in [-0.4, -0.2) is 54.2 Å². The summed E-state index contributed by atoms with van der Waals surface area (Å²) in [4.78, 5) is 25.2. The van der Waals surface area contributed by atoms with Crippen molar-refractivity contribution >= 4 is 12.0 Å². The zero-order chi connectivity index (χ0) is 15.2. The molecule has 20 heavy (non-hydrogen) atoms. The largest absolute Gasteiger partial charge is 0.481 e. The molecule has 2 amide bonds. The van der Waals surface area contributed by atoms with Crippen LogP contribution in [-0.2, 0) is 4.79 Å². The number of aliphatic carboxylic acids is 1. The Morgan fingerprint density at radius 1 is 1.35 bits per heavy atom. The number of urea groups is 1. The number of hydrogen-bond acceptors (Lipinski definition) is 3. The second-order valence-electron chi connectivity index (χ2n) is 5.71. The van der Waals surface area contributed by atoms with Crippen molar-refractivity contribution in [3.05, 3.63) is 0 Å². The highest BCUT2D eigenvalue weighted by Gasteiger charge is 2.31. The number of carbonyl (C=O) groups is 2. The molecule has 6 heteroatoms. The lowest BCUT2D eigenvalue weighted by molar-refractivity contribution is -0.147. The molecule has 2 atom stereocenters. The molecule has 2 unspecified atom stereocenters. The van der Waals surface area contributed by atoms with Crippen LogP contribution in [0.5, 0.6) is 0 Å². The molecule has 0 saturated carbocycles. The first-order valence-corrected chi connectivity index (χ1v) is 7.42. The van der Waals surface area contributed by atoms with Gasteiger partial charge in [-0.3, -0.25) is 9.69 Å². The molecule has 0 aliphatic carbocycles. The summed E-state index contributed by atoms with van der Waals surface area (Å²) in [6, 6.07) is 0.122. The Labute approximate surface area is 120 Å². The summed E-state index contributed by atoms with van der Waals surface area (Å²) in [7, 11) is 0. The first kappa shape index (κ1) is 16.8. The fourth-order valence-electron chi connectivity index (χ4n) is 2.44. The van der Waals surface area contributed by atoms with Gasteiger partial charge in [0.1, 0.15) is 0 Å². The Hall–Kier alpha value is -1.30. The minimum atomic E-state index is -0.903. The summed E-state index contributed by atoms with van der Waals surface area (Å²) >= 11 is 0. The molecule has 6 nitrogen and oxygen atoms in total. The number of amides is 2. The maximum Gasteiger partial charge on any atom is 0.314 e. The average molecular weight is 285 g/mol. The minimum absolute atomic E-state index is 0.146. The van der Waals surface area contributed by atoms with Gasteiger partial charge < -0.3 is 15.7 Å². The fraction of sp³-hybridized carbons (Fsp3) is 0.857. The van der Waals surface area contributed by atoms with Crippen molar-refractivity contribution in [2.24, 2.45) is 5.41 Å². The van der Waals surface area contributed by atoms with Crippen LogP contribution < -0.4 is 10.6 Å². The molecule has 1 aliphatic rings. The summed E-state index contributed by atoms with van der Waals surface area (Å²) in [5.74, 6) is -0.881. The SMILES string of the molecule is CCN1CCCC1CNC(=O)NCC(C)(CC)C(=O)O. The predicted octanol–water partition coefficient (Wildman–Crippen LogP) is 1.27. The monoisotopic (exact) mass is 285 g/mol. The zero-order valence-electron chi connectivity index (χ0n) is 12.7. The van der Waals surface area contributed by atoms with E-state index >= 15 is 0 Å². The molecule has 3 N–H and O–H groups in total. The standard InChI is InChI=1S/C14H27N3O3/c1-4-14(3,12(18)19)10-16-13(20)15-9-11-7-6-8-17(11)5-2/h11H,4-10H2,1-3H3,(H,18,19)(H2,15,16,20). The van der Waals surface area contributed by atoms with Crippen LogP contribution in [0.1, 0.15) is 40.0 Å². The van der Waals surface area contributed by atoms with Gasteiger partial charge in [0.15, 0.2) is 0 Å². The van der Waals surface area contributed by atoms with Gasteiger partial charge in [-0.05, 0) is 39.3 Å². The van der Waals surface area contributed by atoms with Gasteiger partial charge in [0.25, 0.3) is 0 Å². The van der Waals surface area contributed by atoms with Gasteiger partial charge in [-0.1, -0.05) is 13.8 Å². The molecule has 1 aliphatic heterocycles. The van der Waals surface area contributed by atoms with Crippen LogP contribution in [0.3, 0.4) is 0 Å². The summed E-state index contributed by atoms with van der Waals surface area (Å²) < 4.78 is 0. The van der Waals surface area contributed by atoms with E-state index in [4.69, 9.17) is 5.11 Å². The Balaban J connectivity index is 2.32. The predicted molar refractivity (Wildman–Crippen MR) is 77.7 cm³/mol. The van der Waals surface area contributed by atoms with Crippen molar-refractivity contribution < 1.29 is 14.7 Å². The van der Waals surface area contributed by atoms with Gasteiger partial charge in [-0.2, -0.15) is 0 Å². The second kappa shape index (κ2) is 7.47. The highest BCUT2D eigenvalue weighted by Crippen LogP contribution is 2.19. The normalized spacial score (nSPS) is 22.2. The van der Waals surface area contributed by atoms with Gasteiger partial charge in [-0.25, -0.2) is 4.79 Å². The van der Waals surface area contributed by atoms with Crippen molar-refractivity contribution in [3.8, 4) is 0 Å². The molecule has 0 aromatic heterocycles. The minimum Gasteiger partial charge on any atom is -0.481 e. The van der Waals surface area contributed by atoms with E-state index in [2.05, 4.69) is 22.5 Å². The summed E-state index contributed by atoms with van der Waals surface area (Å²) in [6.07, 6.45) is 2.76. The van der Waals surface area contributed by atoms with Gasteiger partial charge in [-0.15, -0.1) is 0 Å². The molecule has 1 rings (SSSR count). The summed E-state index contributed by atoms with van der Waals surface area (Å²) in [5.41, 5.74) is -0.903. The van der Waals surface area contributed by atoms with Crippen molar-refractivity contribution in [1.29, 1.82) is 0 Å². The smallest absolute Gasteiger partial charge is 0.314 e. The van der Waals surface area contributed by atoms with E-state index < -0.39 is 11.4 Å². The molecule has 116 valence electrons. The van der Waals surface area contributed by atoms with Gasteiger partial charge in [0.2, 0.25) is 0 Å². The van der Waals surface area contributed by atoms with Crippen molar-refractivity contribution in [2.75, 3.05) is 26.2 Å². The van der Waals surface area contributed by atoms with Gasteiger partial charge >= 0.3 is 12.0 Å². The molecule has 1 saturated heterocycles. The highest BCUT2D eigenvalue weighted by atomic mass is 16.4. The van der Waals surface area contributed by atoms with Crippen LogP contribution >= 0.6 is 0 Å². The molecule has 0 radical (unpaired) electrons. The van der Waals surface area contributed by atoms with E-state index in [0.29, 0.717) is 19.0 Å². The number of carboxylic acid groups (broad SMARTS) is 1. The number of likely N-dealkylation sites (N-methyl/N-ethyl adjacent to an activating group) is 1. The van der Waals surface area contributed by atoms with E-state index in [1.165, 1.54) is 6.42 Å². The number of carbonyl (C=O) groups excluding carboxylic acids is 1. The third-order valence-corrected chi connectivity index (χ3v) is 4.34. The quantitative estimate of drug-likeness (QED) is 0.658. The van der Waals surface area contributed by atoms with Gasteiger partial charge in [0.05, 0.1) is 5.41 Å². The molecule has 1 heterocycles. The Kier molecular flexibility index (Phi) is 6.26. The first-order valence-electron chi connectivity index (χ1n) is 7.42. The highest BCUT2D eigenvalue weighted by molar-refractivity contribution is 5.77. The van der Waals surface area contributed by atoms with Crippen LogP contribution in [0, 0.1) is 5.41 Å². The Morgan fingerprint density at radius 3 is 2.60 bits per heavy atom. The third-order valence-electron chi connectivity index (χ3n) is 4.34. The van der Waals surface area contributed by atoms with E-state index in [9.17, 15) is 9.59 Å². The fourth-order valence-corrected chi connectivity index (χ4v) is 2.44. The molecule has 0 aromatic carbocycles. The first-order chi connectivity index (χ1) is 9.42. The molecule has 1 fully saturated rings. The summed E-state index contributed by atoms with van der Waals surface area (Å²) in [6.45, 7) is 8.44. The number of nitrogens with zero attached hydrogens (tertiary/aromatic N) is 1. The lowest BCUT2D eigenvalue weighted by atomic mass is 9.88. The number of rotatable bonds is 7. The average Bonchev–Trinajstić information content (AvgIpc) is 2.89. The van der Waals surface area contributed by atoms with Crippen molar-refractivity contribution in [2.45, 2.75) is 46.1 Å². The Bertz CT molecular complexity index is 349. The van der Waals surface area contributed by atoms with Crippen molar-refractivity contribution in [1.82, 2.24) is 15.5 Å². The van der Waals surface area contributed by atoms with Crippen LogP contribution in [0.4, 0.5) is 4.79 Å². The van der Waals surface area contributed by atoms with E-state index in [1.54, 1.807) is 6.92 Å². The Morgan fingerprint density at radius 2 is 2.05 bits per heavy atom. The van der Waals surface area contributed by atoms with Crippen LogP contribution in [0.2, 0.25) is 0 Å². The lowest BCUT2D eigenvalue weighted by Crippen LogP contribution is -2.47.